The monoisotopic (exact) mass is 389 g/mol. The van der Waals surface area contributed by atoms with Crippen LogP contribution in [0.15, 0.2) is 41.1 Å². The van der Waals surface area contributed by atoms with Crippen LogP contribution in [-0.4, -0.2) is 22.3 Å². The number of aromatic nitrogens is 1. The van der Waals surface area contributed by atoms with Crippen molar-refractivity contribution in [3.63, 3.8) is 0 Å². The van der Waals surface area contributed by atoms with Crippen molar-refractivity contribution in [1.82, 2.24) is 9.88 Å². The first-order valence-electron chi connectivity index (χ1n) is 7.96. The second kappa shape index (κ2) is 7.25. The predicted molar refractivity (Wildman–Crippen MR) is 104 cm³/mol. The highest BCUT2D eigenvalue weighted by Crippen LogP contribution is 2.29. The molecule has 0 radical (unpaired) electrons. The third-order valence-corrected chi connectivity index (χ3v) is 6.03. The zero-order valence-electron chi connectivity index (χ0n) is 13.4. The van der Waals surface area contributed by atoms with Gasteiger partial charge in [-0.15, -0.1) is 11.3 Å². The molecule has 0 spiro atoms. The van der Waals surface area contributed by atoms with Gasteiger partial charge in [0.1, 0.15) is 0 Å². The summed E-state index contributed by atoms with van der Waals surface area (Å²) in [5, 5.41) is 8.11. The molecule has 0 unspecified atom stereocenters. The standard InChI is InChI=1S/C18H16ClN3OS2/c19-14-3-1-2-12(8-14)9-22-6-4-15-16(10-22)25-18(20-15)21-17(23)13-5-7-24-11-13/h1-3,5,7-8,11H,4,6,9-10H2,(H,20,21,23). The second-order valence-electron chi connectivity index (χ2n) is 5.95. The molecule has 4 nitrogen and oxygen atoms in total. The quantitative estimate of drug-likeness (QED) is 0.705. The second-order valence-corrected chi connectivity index (χ2v) is 8.25. The molecule has 4 rings (SSSR count). The fraction of sp³-hybridized carbons (Fsp3) is 0.222. The van der Waals surface area contributed by atoms with Gasteiger partial charge in [0.2, 0.25) is 0 Å². The third-order valence-electron chi connectivity index (χ3n) is 4.11. The topological polar surface area (TPSA) is 45.2 Å². The maximum atomic E-state index is 12.2. The summed E-state index contributed by atoms with van der Waals surface area (Å²) in [7, 11) is 0. The Morgan fingerprint density at radius 2 is 2.28 bits per heavy atom. The molecule has 25 heavy (non-hydrogen) atoms. The molecule has 7 heteroatoms. The van der Waals surface area contributed by atoms with Crippen molar-refractivity contribution in [2.24, 2.45) is 0 Å². The summed E-state index contributed by atoms with van der Waals surface area (Å²) in [6.07, 6.45) is 0.903. The summed E-state index contributed by atoms with van der Waals surface area (Å²) < 4.78 is 0. The Kier molecular flexibility index (Phi) is 4.85. The van der Waals surface area contributed by atoms with Crippen molar-refractivity contribution in [3.05, 3.63) is 67.8 Å². The molecule has 1 aliphatic heterocycles. The fourth-order valence-electron chi connectivity index (χ4n) is 2.89. The molecule has 0 aliphatic carbocycles. The molecule has 2 aromatic heterocycles. The van der Waals surface area contributed by atoms with Crippen LogP contribution in [0.3, 0.4) is 0 Å². The fourth-order valence-corrected chi connectivity index (χ4v) is 4.79. The highest BCUT2D eigenvalue weighted by Gasteiger charge is 2.21. The molecule has 3 heterocycles. The zero-order valence-corrected chi connectivity index (χ0v) is 15.8. The minimum absolute atomic E-state index is 0.0943. The molecule has 1 aromatic carbocycles. The van der Waals surface area contributed by atoms with E-state index in [1.165, 1.54) is 21.8 Å². The summed E-state index contributed by atoms with van der Waals surface area (Å²) in [6.45, 7) is 2.68. The van der Waals surface area contributed by atoms with Crippen LogP contribution in [0.4, 0.5) is 5.13 Å². The Bertz CT molecular complexity index is 892. The third kappa shape index (κ3) is 3.93. The van der Waals surface area contributed by atoms with Crippen molar-refractivity contribution in [2.45, 2.75) is 19.5 Å². The van der Waals surface area contributed by atoms with Gasteiger partial charge in [-0.3, -0.25) is 15.0 Å². The smallest absolute Gasteiger partial charge is 0.258 e. The largest absolute Gasteiger partial charge is 0.298 e. The lowest BCUT2D eigenvalue weighted by molar-refractivity contribution is 0.102. The van der Waals surface area contributed by atoms with E-state index >= 15 is 0 Å². The Balaban J connectivity index is 1.43. The number of fused-ring (bicyclic) bond motifs is 1. The van der Waals surface area contributed by atoms with Crippen LogP contribution in [0.25, 0.3) is 0 Å². The van der Waals surface area contributed by atoms with Crippen molar-refractivity contribution >= 4 is 45.3 Å². The SMILES string of the molecule is O=C(Nc1nc2c(s1)CN(Cc1cccc(Cl)c1)CC2)c1ccsc1. The van der Waals surface area contributed by atoms with Gasteiger partial charge in [0.25, 0.3) is 5.91 Å². The average Bonchev–Trinajstić information content (AvgIpc) is 3.23. The predicted octanol–water partition coefficient (Wildman–Crippen LogP) is 4.67. The zero-order chi connectivity index (χ0) is 17.2. The van der Waals surface area contributed by atoms with Gasteiger partial charge in [0.05, 0.1) is 11.3 Å². The molecule has 1 amide bonds. The van der Waals surface area contributed by atoms with Crippen molar-refractivity contribution in [3.8, 4) is 0 Å². The number of thiazole rings is 1. The number of nitrogens with zero attached hydrogens (tertiary/aromatic N) is 2. The van der Waals surface area contributed by atoms with Gasteiger partial charge >= 0.3 is 0 Å². The van der Waals surface area contributed by atoms with Crippen LogP contribution in [0.1, 0.15) is 26.5 Å². The molecule has 3 aromatic rings. The van der Waals surface area contributed by atoms with Crippen LogP contribution in [0.2, 0.25) is 5.02 Å². The lowest BCUT2D eigenvalue weighted by Crippen LogP contribution is -2.29. The van der Waals surface area contributed by atoms with Gasteiger partial charge in [-0.1, -0.05) is 23.7 Å². The number of hydrogen-bond acceptors (Lipinski definition) is 5. The summed E-state index contributed by atoms with van der Waals surface area (Å²) >= 11 is 9.16. The maximum Gasteiger partial charge on any atom is 0.258 e. The van der Waals surface area contributed by atoms with Crippen molar-refractivity contribution in [2.75, 3.05) is 11.9 Å². The number of carbonyl (C=O) groups excluding carboxylic acids is 1. The minimum atomic E-state index is -0.0943. The Morgan fingerprint density at radius 3 is 3.08 bits per heavy atom. The molecule has 0 atom stereocenters. The van der Waals surface area contributed by atoms with Crippen LogP contribution in [-0.2, 0) is 19.5 Å². The van der Waals surface area contributed by atoms with Gasteiger partial charge in [0.15, 0.2) is 5.13 Å². The van der Waals surface area contributed by atoms with Crippen LogP contribution >= 0.6 is 34.3 Å². The number of amides is 1. The number of halogens is 1. The van der Waals surface area contributed by atoms with Crippen molar-refractivity contribution in [1.29, 1.82) is 0 Å². The number of benzene rings is 1. The Morgan fingerprint density at radius 1 is 1.36 bits per heavy atom. The Hall–Kier alpha value is -1.73. The number of rotatable bonds is 4. The molecule has 1 aliphatic rings. The van der Waals surface area contributed by atoms with E-state index < -0.39 is 0 Å². The summed E-state index contributed by atoms with van der Waals surface area (Å²) in [5.74, 6) is -0.0943. The van der Waals surface area contributed by atoms with Gasteiger partial charge in [-0.2, -0.15) is 11.3 Å². The summed E-state index contributed by atoms with van der Waals surface area (Å²) in [4.78, 5) is 20.4. The van der Waals surface area contributed by atoms with Gasteiger partial charge in [-0.25, -0.2) is 4.98 Å². The van der Waals surface area contributed by atoms with E-state index in [0.717, 1.165) is 36.8 Å². The van der Waals surface area contributed by atoms with E-state index in [0.29, 0.717) is 10.7 Å². The van der Waals surface area contributed by atoms with Crippen LogP contribution < -0.4 is 5.32 Å². The number of thiophene rings is 1. The number of carbonyl (C=O) groups is 1. The normalized spacial score (nSPS) is 14.3. The van der Waals surface area contributed by atoms with Crippen molar-refractivity contribution < 1.29 is 4.79 Å². The van der Waals surface area contributed by atoms with E-state index in [1.54, 1.807) is 11.3 Å². The van der Waals surface area contributed by atoms with E-state index in [9.17, 15) is 4.79 Å². The number of hydrogen-bond donors (Lipinski definition) is 1. The molecule has 1 N–H and O–H groups in total. The molecule has 0 saturated heterocycles. The van der Waals surface area contributed by atoms with E-state index in [-0.39, 0.29) is 5.91 Å². The van der Waals surface area contributed by atoms with Gasteiger partial charge in [0, 0.05) is 41.3 Å². The maximum absolute atomic E-state index is 12.2. The molecule has 0 fully saturated rings. The molecular formula is C18H16ClN3OS2. The molecule has 0 saturated carbocycles. The van der Waals surface area contributed by atoms with E-state index in [4.69, 9.17) is 11.6 Å². The molecule has 128 valence electrons. The number of anilines is 1. The first-order chi connectivity index (χ1) is 12.2. The van der Waals surface area contributed by atoms with E-state index in [2.05, 4.69) is 21.3 Å². The van der Waals surface area contributed by atoms with Crippen LogP contribution in [0, 0.1) is 0 Å². The van der Waals surface area contributed by atoms with Gasteiger partial charge < -0.3 is 0 Å². The molecular weight excluding hydrogens is 374 g/mol. The minimum Gasteiger partial charge on any atom is -0.298 e. The van der Waals surface area contributed by atoms with E-state index in [1.807, 2.05) is 35.0 Å². The van der Waals surface area contributed by atoms with Gasteiger partial charge in [-0.05, 0) is 29.1 Å². The first kappa shape index (κ1) is 16.7. The van der Waals surface area contributed by atoms with Crippen LogP contribution in [0.5, 0.6) is 0 Å². The number of nitrogens with one attached hydrogen (secondary N) is 1. The Labute approximate surface area is 159 Å². The average molecular weight is 390 g/mol. The first-order valence-corrected chi connectivity index (χ1v) is 10.1. The molecule has 0 bridgehead atoms. The lowest BCUT2D eigenvalue weighted by Gasteiger charge is -2.25. The highest BCUT2D eigenvalue weighted by molar-refractivity contribution is 7.16. The highest BCUT2D eigenvalue weighted by atomic mass is 35.5. The summed E-state index contributed by atoms with van der Waals surface area (Å²) in [5.41, 5.74) is 3.00. The lowest BCUT2D eigenvalue weighted by atomic mass is 10.1. The summed E-state index contributed by atoms with van der Waals surface area (Å²) in [6, 6.07) is 9.81.